The van der Waals surface area contributed by atoms with Gasteiger partial charge in [-0.25, -0.2) is 4.79 Å². The first kappa shape index (κ1) is 22.7. The average Bonchev–Trinajstić information content (AvgIpc) is 3.00. The monoisotopic (exact) mass is 416 g/mol. The van der Waals surface area contributed by atoms with Crippen LogP contribution in [-0.4, -0.2) is 57.9 Å². The summed E-state index contributed by atoms with van der Waals surface area (Å²) < 4.78 is 24.6. The molecular weight excluding hydrogens is 391 g/mol. The number of ether oxygens (including phenoxy) is 2. The quantitative estimate of drug-likeness (QED) is 0.366. The van der Waals surface area contributed by atoms with Gasteiger partial charge in [0.25, 0.3) is 5.56 Å². The molecule has 0 aromatic carbocycles. The Morgan fingerprint density at radius 3 is 2.83 bits per heavy atom. The Morgan fingerprint density at radius 2 is 2.17 bits per heavy atom. The van der Waals surface area contributed by atoms with Crippen molar-refractivity contribution < 1.29 is 28.6 Å². The minimum absolute atomic E-state index is 0.0750. The van der Waals surface area contributed by atoms with E-state index in [9.17, 15) is 28.7 Å². The second kappa shape index (κ2) is 9.76. The van der Waals surface area contributed by atoms with Gasteiger partial charge in [0, 0.05) is 6.42 Å². The summed E-state index contributed by atoms with van der Waals surface area (Å²) in [6, 6.07) is -0.737. The zero-order valence-electron chi connectivity index (χ0n) is 16.1. The van der Waals surface area contributed by atoms with Crippen molar-refractivity contribution in [2.24, 2.45) is 11.7 Å². The number of aromatic amines is 1. The van der Waals surface area contributed by atoms with Gasteiger partial charge >= 0.3 is 11.7 Å². The Kier molecular flexibility index (Phi) is 7.65. The third kappa shape index (κ3) is 6.21. The summed E-state index contributed by atoms with van der Waals surface area (Å²) >= 11 is 0. The molecule has 5 N–H and O–H groups in total. The summed E-state index contributed by atoms with van der Waals surface area (Å²) in [6.07, 6.45) is -2.03. The molecule has 0 aliphatic carbocycles. The predicted molar refractivity (Wildman–Crippen MR) is 97.2 cm³/mol. The number of halogens is 1. The lowest BCUT2D eigenvalue weighted by Gasteiger charge is -2.17. The molecule has 11 nitrogen and oxygen atoms in total. The Morgan fingerprint density at radius 1 is 1.48 bits per heavy atom. The molecule has 0 radical (unpaired) electrons. The molecular formula is C17H25FN4O7. The Balaban J connectivity index is 1.83. The molecule has 1 amide bonds. The summed E-state index contributed by atoms with van der Waals surface area (Å²) in [5.41, 5.74) is 3.65. The molecule has 29 heavy (non-hydrogen) atoms. The van der Waals surface area contributed by atoms with Crippen LogP contribution in [0.15, 0.2) is 15.8 Å². The van der Waals surface area contributed by atoms with Crippen LogP contribution in [-0.2, 0) is 19.1 Å². The van der Waals surface area contributed by atoms with Gasteiger partial charge in [0.1, 0.15) is 25.5 Å². The van der Waals surface area contributed by atoms with Gasteiger partial charge in [-0.15, -0.1) is 0 Å². The van der Waals surface area contributed by atoms with Crippen LogP contribution in [0.3, 0.4) is 0 Å². The number of aromatic nitrogens is 2. The Hall–Kier alpha value is -2.57. The second-order valence-corrected chi connectivity index (χ2v) is 7.21. The van der Waals surface area contributed by atoms with Gasteiger partial charge in [-0.3, -0.25) is 23.9 Å². The number of nitrogens with two attached hydrogens (primary N) is 1. The Bertz CT molecular complexity index is 853. The van der Waals surface area contributed by atoms with E-state index in [1.54, 1.807) is 4.98 Å². The number of aliphatic hydroxyl groups is 1. The SMILES string of the molecule is CC(C)C[C@@H](N)C(=O)NCC(=O)OC[C@H]1O[C@@H](n2cc(F)c(=O)[nH]c2=O)C[C@@H]1O. The first-order chi connectivity index (χ1) is 13.6. The lowest BCUT2D eigenvalue weighted by atomic mass is 10.0. The summed E-state index contributed by atoms with van der Waals surface area (Å²) in [5.74, 6) is -2.20. The van der Waals surface area contributed by atoms with E-state index in [2.05, 4.69) is 5.32 Å². The number of aliphatic hydroxyl groups excluding tert-OH is 1. The average molecular weight is 416 g/mol. The fraction of sp³-hybridized carbons (Fsp3) is 0.647. The maximum Gasteiger partial charge on any atom is 0.330 e. The highest BCUT2D eigenvalue weighted by Crippen LogP contribution is 2.27. The number of hydrogen-bond donors (Lipinski definition) is 4. The number of esters is 1. The molecule has 1 aromatic heterocycles. The zero-order valence-corrected chi connectivity index (χ0v) is 16.1. The minimum atomic E-state index is -1.18. The van der Waals surface area contributed by atoms with E-state index >= 15 is 0 Å². The van der Waals surface area contributed by atoms with Crippen LogP contribution in [0, 0.1) is 11.7 Å². The smallest absolute Gasteiger partial charge is 0.330 e. The van der Waals surface area contributed by atoms with E-state index in [0.717, 1.165) is 4.57 Å². The van der Waals surface area contributed by atoms with E-state index in [4.69, 9.17) is 15.2 Å². The summed E-state index contributed by atoms with van der Waals surface area (Å²) in [6.45, 7) is 3.08. The van der Waals surface area contributed by atoms with Gasteiger partial charge in [0.05, 0.1) is 18.3 Å². The first-order valence-electron chi connectivity index (χ1n) is 9.11. The van der Waals surface area contributed by atoms with Crippen LogP contribution in [0.25, 0.3) is 0 Å². The van der Waals surface area contributed by atoms with Crippen molar-refractivity contribution in [1.29, 1.82) is 0 Å². The maximum atomic E-state index is 13.4. The molecule has 0 bridgehead atoms. The molecule has 1 aromatic rings. The van der Waals surface area contributed by atoms with E-state index in [1.165, 1.54) is 0 Å². The third-order valence-corrected chi connectivity index (χ3v) is 4.32. The second-order valence-electron chi connectivity index (χ2n) is 7.21. The standard InChI is InChI=1S/C17H25FN4O7/c1-8(2)3-10(19)16(26)20-5-14(24)28-7-12-11(23)4-13(29-12)22-6-9(18)15(25)21-17(22)27/h6,8,10-13,23H,3-5,7,19H2,1-2H3,(H,20,26)(H,21,25,27)/t10-,11+,12-,13-/m1/s1. The molecule has 1 saturated heterocycles. The molecule has 1 fully saturated rings. The number of carbonyl (C=O) groups excluding carboxylic acids is 2. The summed E-state index contributed by atoms with van der Waals surface area (Å²) in [4.78, 5) is 48.2. The van der Waals surface area contributed by atoms with Crippen molar-refractivity contribution in [3.05, 3.63) is 32.9 Å². The van der Waals surface area contributed by atoms with Crippen LogP contribution in [0.2, 0.25) is 0 Å². The number of rotatable bonds is 8. The molecule has 162 valence electrons. The molecule has 0 spiro atoms. The highest BCUT2D eigenvalue weighted by Gasteiger charge is 2.36. The Labute approximate surface area is 165 Å². The van der Waals surface area contributed by atoms with Crippen molar-refractivity contribution in [3.8, 4) is 0 Å². The summed E-state index contributed by atoms with van der Waals surface area (Å²) in [5, 5.41) is 12.4. The van der Waals surface area contributed by atoms with Gasteiger partial charge < -0.3 is 25.6 Å². The minimum Gasteiger partial charge on any atom is -0.462 e. The predicted octanol–water partition coefficient (Wildman–Crippen LogP) is -1.64. The van der Waals surface area contributed by atoms with E-state index in [1.807, 2.05) is 13.8 Å². The van der Waals surface area contributed by atoms with Crippen LogP contribution in [0.1, 0.15) is 32.9 Å². The van der Waals surface area contributed by atoms with Crippen molar-refractivity contribution in [2.75, 3.05) is 13.2 Å². The molecule has 12 heteroatoms. The first-order valence-corrected chi connectivity index (χ1v) is 9.11. The molecule has 1 aliphatic heterocycles. The highest BCUT2D eigenvalue weighted by atomic mass is 19.1. The van der Waals surface area contributed by atoms with E-state index in [-0.39, 0.29) is 18.9 Å². The third-order valence-electron chi connectivity index (χ3n) is 4.32. The highest BCUT2D eigenvalue weighted by molar-refractivity contribution is 5.85. The van der Waals surface area contributed by atoms with Crippen LogP contribution in [0.5, 0.6) is 0 Å². The number of hydrogen-bond acceptors (Lipinski definition) is 8. The van der Waals surface area contributed by atoms with Gasteiger partial charge in [-0.05, 0) is 12.3 Å². The molecule has 0 unspecified atom stereocenters. The van der Waals surface area contributed by atoms with Gasteiger partial charge in [-0.1, -0.05) is 13.8 Å². The molecule has 0 saturated carbocycles. The number of nitrogens with one attached hydrogen (secondary N) is 2. The van der Waals surface area contributed by atoms with Crippen molar-refractivity contribution in [2.45, 2.75) is 51.2 Å². The number of nitrogens with zero attached hydrogens (tertiary/aromatic N) is 1. The fourth-order valence-corrected chi connectivity index (χ4v) is 2.84. The number of amides is 1. The van der Waals surface area contributed by atoms with Crippen LogP contribution >= 0.6 is 0 Å². The van der Waals surface area contributed by atoms with Gasteiger partial charge in [0.15, 0.2) is 0 Å². The fourth-order valence-electron chi connectivity index (χ4n) is 2.84. The van der Waals surface area contributed by atoms with E-state index in [0.29, 0.717) is 12.6 Å². The molecule has 1 aliphatic rings. The molecule has 2 rings (SSSR count). The maximum absolute atomic E-state index is 13.4. The van der Waals surface area contributed by atoms with Crippen LogP contribution in [0.4, 0.5) is 4.39 Å². The number of carbonyl (C=O) groups is 2. The van der Waals surface area contributed by atoms with Gasteiger partial charge in [-0.2, -0.15) is 4.39 Å². The van der Waals surface area contributed by atoms with Crippen molar-refractivity contribution in [3.63, 3.8) is 0 Å². The van der Waals surface area contributed by atoms with Crippen molar-refractivity contribution in [1.82, 2.24) is 14.9 Å². The van der Waals surface area contributed by atoms with Gasteiger partial charge in [0.2, 0.25) is 11.7 Å². The zero-order chi connectivity index (χ0) is 21.7. The topological polar surface area (TPSA) is 166 Å². The lowest BCUT2D eigenvalue weighted by molar-refractivity contribution is -0.150. The van der Waals surface area contributed by atoms with Crippen LogP contribution < -0.4 is 22.3 Å². The molecule has 2 heterocycles. The van der Waals surface area contributed by atoms with E-state index < -0.39 is 60.0 Å². The normalized spacial score (nSPS) is 22.5. The van der Waals surface area contributed by atoms with Crippen molar-refractivity contribution >= 4 is 11.9 Å². The largest absolute Gasteiger partial charge is 0.462 e. The lowest BCUT2D eigenvalue weighted by Crippen LogP contribution is -2.43. The number of H-pyrrole nitrogens is 1. The molecule has 4 atom stereocenters. The summed E-state index contributed by atoms with van der Waals surface area (Å²) in [7, 11) is 0.